The van der Waals surface area contributed by atoms with Crippen LogP contribution in [0.2, 0.25) is 0 Å². The van der Waals surface area contributed by atoms with Crippen LogP contribution < -0.4 is 0 Å². The lowest BCUT2D eigenvalue weighted by Gasteiger charge is -2.64. The fourth-order valence-corrected chi connectivity index (χ4v) is 7.71. The number of rotatable bonds is 1. The Bertz CT molecular complexity index is 541. The van der Waals surface area contributed by atoms with Crippen LogP contribution >= 0.6 is 0 Å². The van der Waals surface area contributed by atoms with E-state index in [0.29, 0.717) is 23.0 Å². The minimum absolute atomic E-state index is 0.0927. The van der Waals surface area contributed by atoms with Gasteiger partial charge in [0, 0.05) is 11.8 Å². The van der Waals surface area contributed by atoms with Crippen molar-refractivity contribution in [1.29, 1.82) is 0 Å². The zero-order valence-corrected chi connectivity index (χ0v) is 14.9. The van der Waals surface area contributed by atoms with Gasteiger partial charge in [0.1, 0.15) is 5.78 Å². The third kappa shape index (κ3) is 1.76. The molecule has 4 saturated carbocycles. The smallest absolute Gasteiger partial charge is 0.138 e. The van der Waals surface area contributed by atoms with Crippen molar-refractivity contribution in [3.8, 4) is 0 Å². The SMILES string of the molecule is CC1(C)C(=O)CC[C@@]2(C)C1CC[C@H]1C[C@H]3C[C@]12CC[C@@]3(O)CO. The molecule has 0 radical (unpaired) electrons. The zero-order chi connectivity index (χ0) is 16.7. The van der Waals surface area contributed by atoms with Crippen LogP contribution in [0.1, 0.15) is 72.1 Å². The summed E-state index contributed by atoms with van der Waals surface area (Å²) in [5.41, 5.74) is -0.539. The molecule has 0 aromatic heterocycles. The molecule has 3 heteroatoms. The minimum atomic E-state index is -0.853. The lowest BCUT2D eigenvalue weighted by Crippen LogP contribution is -2.60. The monoisotopic (exact) mass is 320 g/mol. The van der Waals surface area contributed by atoms with Gasteiger partial charge in [0.15, 0.2) is 0 Å². The third-order valence-electron chi connectivity index (χ3n) is 9.17. The van der Waals surface area contributed by atoms with E-state index in [0.717, 1.165) is 44.9 Å². The number of aliphatic hydroxyl groups excluding tert-OH is 1. The Morgan fingerprint density at radius 2 is 1.83 bits per heavy atom. The van der Waals surface area contributed by atoms with Crippen LogP contribution in [0.25, 0.3) is 0 Å². The van der Waals surface area contributed by atoms with Crippen molar-refractivity contribution in [1.82, 2.24) is 0 Å². The maximum atomic E-state index is 12.6. The van der Waals surface area contributed by atoms with Gasteiger partial charge >= 0.3 is 0 Å². The maximum Gasteiger partial charge on any atom is 0.138 e. The first kappa shape index (κ1) is 16.1. The maximum absolute atomic E-state index is 12.6. The number of aliphatic hydroxyl groups is 2. The van der Waals surface area contributed by atoms with E-state index in [2.05, 4.69) is 20.8 Å². The van der Waals surface area contributed by atoms with Crippen LogP contribution in [-0.2, 0) is 4.79 Å². The molecule has 23 heavy (non-hydrogen) atoms. The first-order valence-corrected chi connectivity index (χ1v) is 9.56. The Morgan fingerprint density at radius 1 is 1.09 bits per heavy atom. The Kier molecular flexibility index (Phi) is 3.22. The molecule has 2 N–H and O–H groups in total. The van der Waals surface area contributed by atoms with Gasteiger partial charge in [0.25, 0.3) is 0 Å². The van der Waals surface area contributed by atoms with E-state index >= 15 is 0 Å². The van der Waals surface area contributed by atoms with Crippen molar-refractivity contribution in [3.63, 3.8) is 0 Å². The highest BCUT2D eigenvalue weighted by Gasteiger charge is 2.69. The summed E-state index contributed by atoms with van der Waals surface area (Å²) in [5, 5.41) is 20.6. The number of ketones is 1. The van der Waals surface area contributed by atoms with Crippen molar-refractivity contribution in [2.45, 2.75) is 77.7 Å². The van der Waals surface area contributed by atoms with Gasteiger partial charge in [-0.2, -0.15) is 0 Å². The molecule has 0 saturated heterocycles. The highest BCUT2D eigenvalue weighted by molar-refractivity contribution is 5.85. The summed E-state index contributed by atoms with van der Waals surface area (Å²) in [7, 11) is 0. The molecule has 0 aromatic carbocycles. The first-order chi connectivity index (χ1) is 10.7. The highest BCUT2D eigenvalue weighted by Crippen LogP contribution is 2.74. The molecule has 4 aliphatic carbocycles. The lowest BCUT2D eigenvalue weighted by atomic mass is 9.39. The normalized spacial score (nSPS) is 54.5. The average molecular weight is 320 g/mol. The standard InChI is InChI=1S/C20H32O3/c1-17(2)15-5-4-13-10-14-11-19(13,8-9-20(14,23)12-21)18(15,3)7-6-16(17)22/h13-15,21,23H,4-12H2,1-3H3/t13-,14-,15?,18-,19+,20+/m0/s1. The molecule has 2 bridgehead atoms. The molecule has 4 rings (SSSR count). The number of hydrogen-bond acceptors (Lipinski definition) is 3. The van der Waals surface area contributed by atoms with Crippen molar-refractivity contribution in [2.75, 3.05) is 6.61 Å². The van der Waals surface area contributed by atoms with Gasteiger partial charge < -0.3 is 10.2 Å². The predicted octanol–water partition coefficient (Wildman–Crippen LogP) is 3.32. The molecule has 0 aromatic rings. The number of carbonyl (C=O) groups excluding carboxylic acids is 1. The second kappa shape index (κ2) is 4.60. The van der Waals surface area contributed by atoms with Gasteiger partial charge in [-0.15, -0.1) is 0 Å². The molecule has 4 fully saturated rings. The molecule has 6 atom stereocenters. The molecule has 3 nitrogen and oxygen atoms in total. The van der Waals surface area contributed by atoms with Crippen LogP contribution in [-0.4, -0.2) is 28.2 Å². The van der Waals surface area contributed by atoms with E-state index in [9.17, 15) is 15.0 Å². The van der Waals surface area contributed by atoms with Crippen LogP contribution in [0.4, 0.5) is 0 Å². The van der Waals surface area contributed by atoms with Gasteiger partial charge in [0.05, 0.1) is 12.2 Å². The molecule has 1 unspecified atom stereocenters. The zero-order valence-electron chi connectivity index (χ0n) is 14.9. The Balaban J connectivity index is 1.76. The summed E-state index contributed by atoms with van der Waals surface area (Å²) in [6.45, 7) is 6.72. The van der Waals surface area contributed by atoms with E-state index in [4.69, 9.17) is 0 Å². The summed E-state index contributed by atoms with van der Waals surface area (Å²) < 4.78 is 0. The first-order valence-electron chi connectivity index (χ1n) is 9.56. The summed E-state index contributed by atoms with van der Waals surface area (Å²) >= 11 is 0. The Morgan fingerprint density at radius 3 is 2.52 bits per heavy atom. The van der Waals surface area contributed by atoms with Gasteiger partial charge in [-0.1, -0.05) is 20.8 Å². The molecule has 1 spiro atoms. The summed E-state index contributed by atoms with van der Waals surface area (Å²) in [4.78, 5) is 12.6. The summed E-state index contributed by atoms with van der Waals surface area (Å²) in [5.74, 6) is 1.86. The molecule has 0 heterocycles. The van der Waals surface area contributed by atoms with Crippen LogP contribution in [0, 0.1) is 34.0 Å². The molecule has 130 valence electrons. The second-order valence-corrected chi connectivity index (χ2v) is 9.94. The fraction of sp³-hybridized carbons (Fsp3) is 0.950. The molecule has 0 aliphatic heterocycles. The van der Waals surface area contributed by atoms with E-state index in [1.807, 2.05) is 0 Å². The quantitative estimate of drug-likeness (QED) is 0.779. The number of fused-ring (bicyclic) bond motifs is 2. The molecular formula is C20H32O3. The van der Waals surface area contributed by atoms with Gasteiger partial charge in [-0.3, -0.25) is 4.79 Å². The van der Waals surface area contributed by atoms with Crippen molar-refractivity contribution in [3.05, 3.63) is 0 Å². The van der Waals surface area contributed by atoms with E-state index < -0.39 is 5.60 Å². The van der Waals surface area contributed by atoms with Crippen molar-refractivity contribution < 1.29 is 15.0 Å². The minimum Gasteiger partial charge on any atom is -0.393 e. The third-order valence-corrected chi connectivity index (χ3v) is 9.17. The van der Waals surface area contributed by atoms with Gasteiger partial charge in [0.2, 0.25) is 0 Å². The summed E-state index contributed by atoms with van der Waals surface area (Å²) in [6.07, 6.45) is 8.02. The van der Waals surface area contributed by atoms with Crippen LogP contribution in [0.3, 0.4) is 0 Å². The fourth-order valence-electron chi connectivity index (χ4n) is 7.71. The topological polar surface area (TPSA) is 57.5 Å². The van der Waals surface area contributed by atoms with Crippen molar-refractivity contribution in [2.24, 2.45) is 34.0 Å². The van der Waals surface area contributed by atoms with Crippen LogP contribution in [0.5, 0.6) is 0 Å². The summed E-state index contributed by atoms with van der Waals surface area (Å²) in [6, 6.07) is 0. The number of carbonyl (C=O) groups is 1. The molecular weight excluding hydrogens is 288 g/mol. The van der Waals surface area contributed by atoms with Crippen LogP contribution in [0.15, 0.2) is 0 Å². The number of hydrogen-bond donors (Lipinski definition) is 2. The predicted molar refractivity (Wildman–Crippen MR) is 88.8 cm³/mol. The van der Waals surface area contributed by atoms with E-state index in [1.54, 1.807) is 0 Å². The lowest BCUT2D eigenvalue weighted by molar-refractivity contribution is -0.183. The molecule has 4 aliphatic rings. The number of Topliss-reactive ketones (excluding diaryl/α,β-unsaturated/α-hetero) is 1. The van der Waals surface area contributed by atoms with E-state index in [-0.39, 0.29) is 23.4 Å². The largest absolute Gasteiger partial charge is 0.393 e. The van der Waals surface area contributed by atoms with Crippen molar-refractivity contribution >= 4 is 5.78 Å². The second-order valence-electron chi connectivity index (χ2n) is 9.94. The average Bonchev–Trinajstić information content (AvgIpc) is 2.86. The van der Waals surface area contributed by atoms with Gasteiger partial charge in [-0.25, -0.2) is 0 Å². The Labute approximate surface area is 139 Å². The molecule has 0 amide bonds. The Hall–Kier alpha value is -0.410. The van der Waals surface area contributed by atoms with Gasteiger partial charge in [-0.05, 0) is 73.5 Å². The highest BCUT2D eigenvalue weighted by atomic mass is 16.3. The van der Waals surface area contributed by atoms with E-state index in [1.165, 1.54) is 6.42 Å².